The Labute approximate surface area is 169 Å². The van der Waals surface area contributed by atoms with Crippen LogP contribution in [0.25, 0.3) is 0 Å². The molecule has 1 heterocycles. The summed E-state index contributed by atoms with van der Waals surface area (Å²) in [6.45, 7) is 2.50. The van der Waals surface area contributed by atoms with E-state index in [4.69, 9.17) is 4.74 Å². The van der Waals surface area contributed by atoms with E-state index in [2.05, 4.69) is 16.3 Å². The van der Waals surface area contributed by atoms with Crippen molar-refractivity contribution < 1.29 is 9.53 Å². The van der Waals surface area contributed by atoms with E-state index in [1.54, 1.807) is 7.05 Å². The van der Waals surface area contributed by atoms with Crippen LogP contribution in [0.15, 0.2) is 18.2 Å². The number of nitrogens with zero attached hydrogens (tertiary/aromatic N) is 1. The molecular weight excluding hydrogens is 360 g/mol. The Hall–Kier alpha value is -1.26. The van der Waals surface area contributed by atoms with Crippen molar-refractivity contribution in [1.82, 2.24) is 10.2 Å². The lowest BCUT2D eigenvalue weighted by atomic mass is 9.79. The number of ether oxygens (including phenoxy) is 1. The SMILES string of the molecule is CNC(=O)Oc1cccc2c1CC[C@H]1[C@@H]2CCN1CCC1CCCCC1.Cl. The fraction of sp³-hybridized carbons (Fsp3) is 0.682. The van der Waals surface area contributed by atoms with Crippen LogP contribution in [-0.2, 0) is 6.42 Å². The summed E-state index contributed by atoms with van der Waals surface area (Å²) in [5.74, 6) is 2.32. The quantitative estimate of drug-likeness (QED) is 0.792. The summed E-state index contributed by atoms with van der Waals surface area (Å²) in [5.41, 5.74) is 2.68. The molecule has 1 saturated carbocycles. The highest BCUT2D eigenvalue weighted by molar-refractivity contribution is 5.85. The molecule has 1 N–H and O–H groups in total. The minimum atomic E-state index is -0.374. The monoisotopic (exact) mass is 392 g/mol. The highest BCUT2D eigenvalue weighted by Crippen LogP contribution is 2.44. The maximum Gasteiger partial charge on any atom is 0.412 e. The summed E-state index contributed by atoms with van der Waals surface area (Å²) in [6, 6.07) is 6.92. The number of carbonyl (C=O) groups is 1. The third kappa shape index (κ3) is 4.43. The van der Waals surface area contributed by atoms with Crippen LogP contribution in [0.2, 0.25) is 0 Å². The molecule has 150 valence electrons. The summed E-state index contributed by atoms with van der Waals surface area (Å²) in [4.78, 5) is 14.4. The molecule has 2 fully saturated rings. The topological polar surface area (TPSA) is 41.6 Å². The Morgan fingerprint density at radius 2 is 2.00 bits per heavy atom. The largest absolute Gasteiger partial charge is 0.412 e. The summed E-state index contributed by atoms with van der Waals surface area (Å²) < 4.78 is 5.50. The minimum absolute atomic E-state index is 0. The van der Waals surface area contributed by atoms with Gasteiger partial charge in [-0.25, -0.2) is 4.79 Å². The first-order chi connectivity index (χ1) is 12.8. The van der Waals surface area contributed by atoms with Gasteiger partial charge in [0, 0.05) is 19.0 Å². The number of hydrogen-bond acceptors (Lipinski definition) is 3. The molecule has 4 nitrogen and oxygen atoms in total. The lowest BCUT2D eigenvalue weighted by Crippen LogP contribution is -2.36. The number of amides is 1. The molecule has 2 aliphatic carbocycles. The van der Waals surface area contributed by atoms with E-state index in [0.717, 1.165) is 18.1 Å². The number of halogens is 1. The zero-order chi connectivity index (χ0) is 17.9. The molecule has 1 amide bonds. The zero-order valence-electron chi connectivity index (χ0n) is 16.4. The van der Waals surface area contributed by atoms with Crippen molar-refractivity contribution in [3.8, 4) is 5.75 Å². The van der Waals surface area contributed by atoms with Crippen LogP contribution in [0.3, 0.4) is 0 Å². The van der Waals surface area contributed by atoms with Gasteiger partial charge < -0.3 is 10.1 Å². The van der Waals surface area contributed by atoms with E-state index < -0.39 is 0 Å². The normalized spacial score (nSPS) is 25.2. The summed E-state index contributed by atoms with van der Waals surface area (Å²) >= 11 is 0. The molecule has 3 aliphatic rings. The molecule has 4 rings (SSSR count). The molecule has 27 heavy (non-hydrogen) atoms. The number of carbonyl (C=O) groups excluding carboxylic acids is 1. The first kappa shape index (κ1) is 20.5. The molecule has 5 heteroatoms. The molecule has 0 radical (unpaired) electrons. The Kier molecular flexibility index (Phi) is 7.04. The highest BCUT2D eigenvalue weighted by Gasteiger charge is 2.39. The molecule has 0 spiro atoms. The lowest BCUT2D eigenvalue weighted by Gasteiger charge is -2.35. The van der Waals surface area contributed by atoms with E-state index >= 15 is 0 Å². The molecule has 0 unspecified atom stereocenters. The van der Waals surface area contributed by atoms with Crippen molar-refractivity contribution in [1.29, 1.82) is 0 Å². The average Bonchev–Trinajstić information content (AvgIpc) is 3.11. The number of hydrogen-bond donors (Lipinski definition) is 1. The molecule has 2 atom stereocenters. The Bertz CT molecular complexity index is 645. The zero-order valence-corrected chi connectivity index (χ0v) is 17.2. The van der Waals surface area contributed by atoms with Gasteiger partial charge in [0.2, 0.25) is 0 Å². The van der Waals surface area contributed by atoms with Crippen molar-refractivity contribution >= 4 is 18.5 Å². The molecule has 0 aromatic heterocycles. The third-order valence-electron chi connectivity index (χ3n) is 6.88. The highest BCUT2D eigenvalue weighted by atomic mass is 35.5. The molecule has 0 bridgehead atoms. The van der Waals surface area contributed by atoms with E-state index in [1.165, 1.54) is 75.6 Å². The van der Waals surface area contributed by atoms with Crippen molar-refractivity contribution in [2.75, 3.05) is 20.1 Å². The van der Waals surface area contributed by atoms with Crippen LogP contribution >= 0.6 is 12.4 Å². The van der Waals surface area contributed by atoms with Crippen LogP contribution in [0.1, 0.15) is 68.4 Å². The van der Waals surface area contributed by atoms with Crippen molar-refractivity contribution in [3.63, 3.8) is 0 Å². The predicted molar refractivity (Wildman–Crippen MR) is 111 cm³/mol. The second-order valence-corrected chi connectivity index (χ2v) is 8.29. The van der Waals surface area contributed by atoms with E-state index in [9.17, 15) is 4.79 Å². The first-order valence-electron chi connectivity index (χ1n) is 10.5. The van der Waals surface area contributed by atoms with Gasteiger partial charge in [-0.05, 0) is 61.9 Å². The number of fused-ring (bicyclic) bond motifs is 3. The van der Waals surface area contributed by atoms with Crippen LogP contribution in [0.5, 0.6) is 5.75 Å². The summed E-state index contributed by atoms with van der Waals surface area (Å²) in [6.07, 6.45) is 11.7. The Balaban J connectivity index is 0.00000210. The summed E-state index contributed by atoms with van der Waals surface area (Å²) in [7, 11) is 1.61. The van der Waals surface area contributed by atoms with Gasteiger partial charge in [-0.1, -0.05) is 44.2 Å². The van der Waals surface area contributed by atoms with Gasteiger partial charge >= 0.3 is 6.09 Å². The second kappa shape index (κ2) is 9.29. The standard InChI is InChI=1S/C22H32N2O2.ClH/c1-23-22(25)26-21-9-5-8-17-18-13-15-24(20(18)11-10-19(17)21)14-12-16-6-3-2-4-7-16;/h5,8-9,16,18,20H,2-4,6-7,10-15H2,1H3,(H,23,25);1H/t18-,20+;/m1./s1. The van der Waals surface area contributed by atoms with Crippen LogP contribution in [0, 0.1) is 5.92 Å². The molecule has 1 aliphatic heterocycles. The smallest absolute Gasteiger partial charge is 0.410 e. The van der Waals surface area contributed by atoms with Crippen molar-refractivity contribution in [2.24, 2.45) is 5.92 Å². The fourth-order valence-corrected chi connectivity index (χ4v) is 5.50. The molecule has 1 saturated heterocycles. The van der Waals surface area contributed by atoms with Gasteiger partial charge in [-0.2, -0.15) is 0 Å². The van der Waals surface area contributed by atoms with Crippen LogP contribution in [-0.4, -0.2) is 37.2 Å². The fourth-order valence-electron chi connectivity index (χ4n) is 5.50. The first-order valence-corrected chi connectivity index (χ1v) is 10.5. The van der Waals surface area contributed by atoms with E-state index in [-0.39, 0.29) is 18.5 Å². The maximum absolute atomic E-state index is 11.6. The second-order valence-electron chi connectivity index (χ2n) is 8.29. The van der Waals surface area contributed by atoms with Gasteiger partial charge in [-0.3, -0.25) is 4.90 Å². The van der Waals surface area contributed by atoms with Gasteiger partial charge in [0.05, 0.1) is 0 Å². The molecule has 1 aromatic carbocycles. The lowest BCUT2D eigenvalue weighted by molar-refractivity contribution is 0.195. The molecular formula is C22H33ClN2O2. The number of benzene rings is 1. The van der Waals surface area contributed by atoms with Gasteiger partial charge in [0.1, 0.15) is 5.75 Å². The van der Waals surface area contributed by atoms with Crippen molar-refractivity contribution in [3.05, 3.63) is 29.3 Å². The van der Waals surface area contributed by atoms with Gasteiger partial charge in [0.25, 0.3) is 0 Å². The molecule has 1 aromatic rings. The average molecular weight is 393 g/mol. The predicted octanol–water partition coefficient (Wildman–Crippen LogP) is 4.90. The van der Waals surface area contributed by atoms with E-state index in [0.29, 0.717) is 12.0 Å². The Morgan fingerprint density at radius 3 is 2.78 bits per heavy atom. The third-order valence-corrected chi connectivity index (χ3v) is 6.88. The number of nitrogens with one attached hydrogen (secondary N) is 1. The Morgan fingerprint density at radius 1 is 1.19 bits per heavy atom. The van der Waals surface area contributed by atoms with Crippen LogP contribution in [0.4, 0.5) is 4.79 Å². The number of rotatable bonds is 4. The van der Waals surface area contributed by atoms with Crippen LogP contribution < -0.4 is 10.1 Å². The van der Waals surface area contributed by atoms with Gasteiger partial charge in [0.15, 0.2) is 0 Å². The van der Waals surface area contributed by atoms with E-state index in [1.807, 2.05) is 12.1 Å². The number of likely N-dealkylation sites (tertiary alicyclic amines) is 1. The summed E-state index contributed by atoms with van der Waals surface area (Å²) in [5, 5.41) is 2.55. The van der Waals surface area contributed by atoms with Gasteiger partial charge in [-0.15, -0.1) is 12.4 Å². The maximum atomic E-state index is 11.6. The van der Waals surface area contributed by atoms with Crippen molar-refractivity contribution in [2.45, 2.75) is 69.7 Å². The minimum Gasteiger partial charge on any atom is -0.410 e.